The SMILES string of the molecule is CC(C)(C)c1ccc(CCC(=O)Nc2ccc(-c3cccc(F)c3)cc2)cc1. The molecule has 0 unspecified atom stereocenters. The van der Waals surface area contributed by atoms with E-state index in [4.69, 9.17) is 0 Å². The van der Waals surface area contributed by atoms with Gasteiger partial charge in [-0.25, -0.2) is 4.39 Å². The summed E-state index contributed by atoms with van der Waals surface area (Å²) in [6, 6.07) is 22.4. The van der Waals surface area contributed by atoms with E-state index >= 15 is 0 Å². The molecule has 0 fully saturated rings. The highest BCUT2D eigenvalue weighted by atomic mass is 19.1. The molecule has 0 atom stereocenters. The number of rotatable bonds is 5. The lowest BCUT2D eigenvalue weighted by atomic mass is 9.86. The lowest BCUT2D eigenvalue weighted by Crippen LogP contribution is -2.13. The average molecular weight is 375 g/mol. The summed E-state index contributed by atoms with van der Waals surface area (Å²) in [5.74, 6) is -0.274. The highest BCUT2D eigenvalue weighted by Gasteiger charge is 2.13. The fraction of sp³-hybridized carbons (Fsp3) is 0.240. The van der Waals surface area contributed by atoms with Crippen LogP contribution in [0.2, 0.25) is 0 Å². The Hall–Kier alpha value is -2.94. The molecule has 0 bridgehead atoms. The Bertz CT molecular complexity index is 938. The second kappa shape index (κ2) is 8.39. The van der Waals surface area contributed by atoms with Crippen molar-refractivity contribution in [2.45, 2.75) is 39.0 Å². The molecule has 1 amide bonds. The van der Waals surface area contributed by atoms with Crippen LogP contribution < -0.4 is 5.32 Å². The van der Waals surface area contributed by atoms with Crippen molar-refractivity contribution in [1.82, 2.24) is 0 Å². The number of halogens is 1. The van der Waals surface area contributed by atoms with Crippen LogP contribution in [0, 0.1) is 5.82 Å². The van der Waals surface area contributed by atoms with Crippen LogP contribution >= 0.6 is 0 Å². The number of anilines is 1. The van der Waals surface area contributed by atoms with Crippen LogP contribution in [0.1, 0.15) is 38.3 Å². The molecule has 0 radical (unpaired) electrons. The third-order valence-electron chi connectivity index (χ3n) is 4.79. The molecule has 0 saturated heterocycles. The lowest BCUT2D eigenvalue weighted by Gasteiger charge is -2.19. The number of benzene rings is 3. The molecule has 0 spiro atoms. The quantitative estimate of drug-likeness (QED) is 0.552. The van der Waals surface area contributed by atoms with Crippen LogP contribution in [0.4, 0.5) is 10.1 Å². The predicted octanol–water partition coefficient (Wildman–Crippen LogP) is 6.36. The van der Waals surface area contributed by atoms with E-state index in [9.17, 15) is 9.18 Å². The largest absolute Gasteiger partial charge is 0.326 e. The van der Waals surface area contributed by atoms with Gasteiger partial charge in [0.2, 0.25) is 5.91 Å². The monoisotopic (exact) mass is 375 g/mol. The minimum atomic E-state index is -0.259. The van der Waals surface area contributed by atoms with Gasteiger partial charge in [-0.3, -0.25) is 4.79 Å². The Kier molecular flexibility index (Phi) is 5.93. The van der Waals surface area contributed by atoms with Crippen LogP contribution in [0.15, 0.2) is 72.8 Å². The summed E-state index contributed by atoms with van der Waals surface area (Å²) in [6.45, 7) is 6.57. The molecule has 0 aromatic heterocycles. The highest BCUT2D eigenvalue weighted by molar-refractivity contribution is 5.91. The van der Waals surface area contributed by atoms with E-state index in [1.54, 1.807) is 6.07 Å². The second-order valence-electron chi connectivity index (χ2n) is 8.08. The van der Waals surface area contributed by atoms with E-state index < -0.39 is 0 Å². The molecule has 0 saturated carbocycles. The van der Waals surface area contributed by atoms with Crippen molar-refractivity contribution in [3.05, 3.63) is 89.7 Å². The zero-order valence-electron chi connectivity index (χ0n) is 16.6. The lowest BCUT2D eigenvalue weighted by molar-refractivity contribution is -0.116. The maximum absolute atomic E-state index is 13.4. The molecule has 1 N–H and O–H groups in total. The molecule has 3 heteroatoms. The Morgan fingerprint density at radius 1 is 0.893 bits per heavy atom. The molecule has 28 heavy (non-hydrogen) atoms. The number of aryl methyl sites for hydroxylation is 1. The minimum Gasteiger partial charge on any atom is -0.326 e. The van der Waals surface area contributed by atoms with E-state index in [0.717, 1.165) is 22.4 Å². The van der Waals surface area contributed by atoms with Gasteiger partial charge >= 0.3 is 0 Å². The van der Waals surface area contributed by atoms with Crippen LogP contribution in [-0.4, -0.2) is 5.91 Å². The zero-order valence-corrected chi connectivity index (χ0v) is 16.6. The van der Waals surface area contributed by atoms with Crippen LogP contribution in [-0.2, 0) is 16.6 Å². The smallest absolute Gasteiger partial charge is 0.224 e. The van der Waals surface area contributed by atoms with Gasteiger partial charge in [-0.2, -0.15) is 0 Å². The molecule has 3 aromatic carbocycles. The van der Waals surface area contributed by atoms with Crippen molar-refractivity contribution in [3.8, 4) is 11.1 Å². The number of carbonyl (C=O) groups excluding carboxylic acids is 1. The zero-order chi connectivity index (χ0) is 20.1. The van der Waals surface area contributed by atoms with E-state index in [0.29, 0.717) is 12.8 Å². The van der Waals surface area contributed by atoms with Gasteiger partial charge in [0.05, 0.1) is 0 Å². The Morgan fingerprint density at radius 3 is 2.18 bits per heavy atom. The predicted molar refractivity (Wildman–Crippen MR) is 114 cm³/mol. The summed E-state index contributed by atoms with van der Waals surface area (Å²) in [4.78, 5) is 12.3. The maximum Gasteiger partial charge on any atom is 0.224 e. The van der Waals surface area contributed by atoms with Crippen molar-refractivity contribution in [3.63, 3.8) is 0 Å². The highest BCUT2D eigenvalue weighted by Crippen LogP contribution is 2.23. The first-order valence-corrected chi connectivity index (χ1v) is 9.56. The molecular formula is C25H26FNO. The minimum absolute atomic E-state index is 0.0154. The molecule has 0 heterocycles. The van der Waals surface area contributed by atoms with E-state index in [1.807, 2.05) is 30.3 Å². The first-order valence-electron chi connectivity index (χ1n) is 9.56. The van der Waals surface area contributed by atoms with Crippen molar-refractivity contribution < 1.29 is 9.18 Å². The number of amides is 1. The van der Waals surface area contributed by atoms with Gasteiger partial charge < -0.3 is 5.32 Å². The molecule has 144 valence electrons. The fourth-order valence-electron chi connectivity index (χ4n) is 3.07. The van der Waals surface area contributed by atoms with Gasteiger partial charge in [-0.15, -0.1) is 0 Å². The first-order chi connectivity index (χ1) is 13.3. The van der Waals surface area contributed by atoms with Gasteiger partial charge in [0.25, 0.3) is 0 Å². The van der Waals surface area contributed by atoms with Gasteiger partial charge in [-0.1, -0.05) is 69.3 Å². The summed E-state index contributed by atoms with van der Waals surface area (Å²) in [5.41, 5.74) is 5.05. The Morgan fingerprint density at radius 2 is 1.57 bits per heavy atom. The summed E-state index contributed by atoms with van der Waals surface area (Å²) in [7, 11) is 0. The standard InChI is InChI=1S/C25H26FNO/c1-25(2,3)21-12-7-18(8-13-21)9-16-24(28)27-23-14-10-19(11-15-23)20-5-4-6-22(26)17-20/h4-8,10-15,17H,9,16H2,1-3H3,(H,27,28). The third kappa shape index (κ3) is 5.29. The molecule has 0 aliphatic carbocycles. The second-order valence-corrected chi connectivity index (χ2v) is 8.08. The summed E-state index contributed by atoms with van der Waals surface area (Å²) < 4.78 is 13.4. The third-order valence-corrected chi connectivity index (χ3v) is 4.79. The van der Waals surface area contributed by atoms with E-state index in [-0.39, 0.29) is 17.1 Å². The first kappa shape index (κ1) is 19.8. The van der Waals surface area contributed by atoms with Crippen LogP contribution in [0.3, 0.4) is 0 Å². The van der Waals surface area contributed by atoms with Gasteiger partial charge in [0.1, 0.15) is 5.82 Å². The number of nitrogens with one attached hydrogen (secondary N) is 1. The van der Waals surface area contributed by atoms with E-state index in [2.05, 4.69) is 50.4 Å². The molecular weight excluding hydrogens is 349 g/mol. The molecule has 3 aromatic rings. The van der Waals surface area contributed by atoms with E-state index in [1.165, 1.54) is 17.7 Å². The van der Waals surface area contributed by atoms with Crippen molar-refractivity contribution in [2.24, 2.45) is 0 Å². The number of hydrogen-bond donors (Lipinski definition) is 1. The van der Waals surface area contributed by atoms with Crippen LogP contribution in [0.25, 0.3) is 11.1 Å². The fourth-order valence-corrected chi connectivity index (χ4v) is 3.07. The van der Waals surface area contributed by atoms with Crippen molar-refractivity contribution in [1.29, 1.82) is 0 Å². The van der Waals surface area contributed by atoms with Crippen LogP contribution in [0.5, 0.6) is 0 Å². The average Bonchev–Trinajstić information content (AvgIpc) is 2.67. The molecule has 3 rings (SSSR count). The molecule has 0 aliphatic heterocycles. The van der Waals surface area contributed by atoms with Gasteiger partial charge in [0, 0.05) is 12.1 Å². The summed E-state index contributed by atoms with van der Waals surface area (Å²) in [6.07, 6.45) is 1.14. The Balaban J connectivity index is 1.55. The van der Waals surface area contributed by atoms with Gasteiger partial charge in [0.15, 0.2) is 0 Å². The normalized spacial score (nSPS) is 11.3. The number of hydrogen-bond acceptors (Lipinski definition) is 1. The van der Waals surface area contributed by atoms with Crippen molar-refractivity contribution >= 4 is 11.6 Å². The topological polar surface area (TPSA) is 29.1 Å². The summed E-state index contributed by atoms with van der Waals surface area (Å²) in [5, 5.41) is 2.92. The van der Waals surface area contributed by atoms with Crippen molar-refractivity contribution in [2.75, 3.05) is 5.32 Å². The maximum atomic E-state index is 13.4. The summed E-state index contributed by atoms with van der Waals surface area (Å²) >= 11 is 0. The molecule has 0 aliphatic rings. The molecule has 2 nitrogen and oxygen atoms in total. The van der Waals surface area contributed by atoms with Gasteiger partial charge in [-0.05, 0) is 58.4 Å². The Labute approximate surface area is 166 Å². The number of carbonyl (C=O) groups is 1.